The molecule has 0 fully saturated rings. The average molecular weight is 258 g/mol. The summed E-state index contributed by atoms with van der Waals surface area (Å²) in [6.45, 7) is 2.51. The molecule has 0 saturated carbocycles. The van der Waals surface area contributed by atoms with Crippen molar-refractivity contribution in [3.63, 3.8) is 0 Å². The van der Waals surface area contributed by atoms with Gasteiger partial charge >= 0.3 is 0 Å². The zero-order valence-electron chi connectivity index (χ0n) is 7.83. The van der Waals surface area contributed by atoms with E-state index in [1.165, 1.54) is 12.1 Å². The summed E-state index contributed by atoms with van der Waals surface area (Å²) in [5, 5.41) is 11.9. The number of hydrogen-bond donors (Lipinski definition) is 2. The van der Waals surface area contributed by atoms with Crippen LogP contribution in [0.5, 0.6) is 5.75 Å². The summed E-state index contributed by atoms with van der Waals surface area (Å²) < 4.78 is 0. The van der Waals surface area contributed by atoms with Crippen LogP contribution in [0.25, 0.3) is 0 Å². The monoisotopic (exact) mass is 257 g/mol. The average Bonchev–Trinajstić information content (AvgIpc) is 2.14. The molecule has 0 aliphatic rings. The predicted octanol–water partition coefficient (Wildman–Crippen LogP) is 1.91. The van der Waals surface area contributed by atoms with Gasteiger partial charge in [0.25, 0.3) is 5.91 Å². The highest BCUT2D eigenvalue weighted by atomic mass is 79.9. The van der Waals surface area contributed by atoms with Crippen molar-refractivity contribution in [1.29, 1.82) is 0 Å². The third-order valence-corrected chi connectivity index (χ3v) is 1.98. The lowest BCUT2D eigenvalue weighted by molar-refractivity contribution is 0.0954. The lowest BCUT2D eigenvalue weighted by Crippen LogP contribution is -2.28. The van der Waals surface area contributed by atoms with Crippen LogP contribution in [0.3, 0.4) is 0 Å². The molecule has 0 spiro atoms. The van der Waals surface area contributed by atoms with E-state index in [9.17, 15) is 4.79 Å². The Morgan fingerprint density at radius 3 is 2.93 bits per heavy atom. The number of amides is 1. The summed E-state index contributed by atoms with van der Waals surface area (Å²) in [5.74, 6) is -0.0725. The first-order valence-corrected chi connectivity index (χ1v) is 5.22. The maximum Gasteiger partial charge on any atom is 0.251 e. The number of benzene rings is 1. The normalized spacial score (nSPS) is 12.1. The van der Waals surface area contributed by atoms with Gasteiger partial charge in [0.1, 0.15) is 5.75 Å². The number of alkyl halides is 1. The van der Waals surface area contributed by atoms with Gasteiger partial charge in [-0.25, -0.2) is 0 Å². The molecule has 1 aromatic carbocycles. The van der Waals surface area contributed by atoms with Gasteiger partial charge in [-0.15, -0.1) is 0 Å². The summed E-state index contributed by atoms with van der Waals surface area (Å²) in [7, 11) is 0. The predicted molar refractivity (Wildman–Crippen MR) is 58.8 cm³/mol. The van der Waals surface area contributed by atoms with E-state index in [-0.39, 0.29) is 16.5 Å². The molecule has 2 N–H and O–H groups in total. The number of halogens is 1. The van der Waals surface area contributed by atoms with Crippen molar-refractivity contribution < 1.29 is 9.90 Å². The Balaban J connectivity index is 2.61. The molecule has 14 heavy (non-hydrogen) atoms. The van der Waals surface area contributed by atoms with Gasteiger partial charge in [0.15, 0.2) is 0 Å². The van der Waals surface area contributed by atoms with Crippen molar-refractivity contribution in [3.8, 4) is 5.75 Å². The van der Waals surface area contributed by atoms with Gasteiger partial charge < -0.3 is 10.4 Å². The minimum absolute atomic E-state index is 0.101. The van der Waals surface area contributed by atoms with Crippen LogP contribution in [0.15, 0.2) is 24.3 Å². The van der Waals surface area contributed by atoms with Crippen LogP contribution < -0.4 is 5.32 Å². The first-order valence-electron chi connectivity index (χ1n) is 4.31. The largest absolute Gasteiger partial charge is 0.508 e. The fourth-order valence-corrected chi connectivity index (χ4v) is 1.14. The van der Waals surface area contributed by atoms with E-state index in [1.807, 2.05) is 6.92 Å². The van der Waals surface area contributed by atoms with Gasteiger partial charge in [-0.05, 0) is 18.2 Å². The number of phenolic OH excluding ortho intramolecular Hbond substituents is 1. The number of phenols is 1. The zero-order valence-corrected chi connectivity index (χ0v) is 9.41. The van der Waals surface area contributed by atoms with Gasteiger partial charge in [-0.3, -0.25) is 4.79 Å². The summed E-state index contributed by atoms with van der Waals surface area (Å²) in [4.78, 5) is 11.7. The molecule has 0 radical (unpaired) electrons. The zero-order chi connectivity index (χ0) is 10.6. The number of carbonyl (C=O) groups excluding carboxylic acids is 1. The number of nitrogens with one attached hydrogen (secondary N) is 1. The van der Waals surface area contributed by atoms with E-state index in [2.05, 4.69) is 21.2 Å². The number of aromatic hydroxyl groups is 1. The number of rotatable bonds is 3. The second-order valence-corrected chi connectivity index (χ2v) is 4.60. The summed E-state index contributed by atoms with van der Waals surface area (Å²) in [6, 6.07) is 6.27. The molecular formula is C10H12BrNO2. The highest BCUT2D eigenvalue weighted by Gasteiger charge is 2.06. The Kier molecular flexibility index (Phi) is 3.95. The summed E-state index contributed by atoms with van der Waals surface area (Å²) >= 11 is 3.33. The van der Waals surface area contributed by atoms with Gasteiger partial charge in [0.2, 0.25) is 0 Å². The maximum absolute atomic E-state index is 11.5. The number of carbonyl (C=O) groups is 1. The first kappa shape index (κ1) is 11.0. The van der Waals surface area contributed by atoms with Crippen LogP contribution in [-0.2, 0) is 0 Å². The van der Waals surface area contributed by atoms with Crippen molar-refractivity contribution in [2.75, 3.05) is 6.54 Å². The molecule has 1 atom stereocenters. The molecule has 0 aliphatic carbocycles. The van der Waals surface area contributed by atoms with Crippen LogP contribution in [0, 0.1) is 0 Å². The Hall–Kier alpha value is -1.03. The Bertz CT molecular complexity index is 326. The van der Waals surface area contributed by atoms with Crippen LogP contribution >= 0.6 is 15.9 Å². The molecule has 4 heteroatoms. The van der Waals surface area contributed by atoms with Crippen molar-refractivity contribution in [2.24, 2.45) is 0 Å². The van der Waals surface area contributed by atoms with Crippen LogP contribution in [0.1, 0.15) is 17.3 Å². The van der Waals surface area contributed by atoms with E-state index in [0.29, 0.717) is 12.1 Å². The standard InChI is InChI=1S/C10H12BrNO2/c1-7(11)6-12-10(14)8-3-2-4-9(13)5-8/h2-5,7,13H,6H2,1H3,(H,12,14). The quantitative estimate of drug-likeness (QED) is 0.813. The molecule has 76 valence electrons. The van der Waals surface area contributed by atoms with Gasteiger partial charge in [-0.2, -0.15) is 0 Å². The van der Waals surface area contributed by atoms with E-state index in [1.54, 1.807) is 12.1 Å². The minimum atomic E-state index is -0.174. The van der Waals surface area contributed by atoms with E-state index < -0.39 is 0 Å². The molecule has 1 rings (SSSR count). The molecule has 0 aromatic heterocycles. The maximum atomic E-state index is 11.5. The fraction of sp³-hybridized carbons (Fsp3) is 0.300. The van der Waals surface area contributed by atoms with E-state index in [4.69, 9.17) is 5.11 Å². The second kappa shape index (κ2) is 5.00. The van der Waals surface area contributed by atoms with Gasteiger partial charge in [0, 0.05) is 16.9 Å². The third-order valence-electron chi connectivity index (χ3n) is 1.65. The Morgan fingerprint density at radius 2 is 2.36 bits per heavy atom. The third kappa shape index (κ3) is 3.38. The van der Waals surface area contributed by atoms with Crippen molar-refractivity contribution >= 4 is 21.8 Å². The molecule has 0 aliphatic heterocycles. The number of hydrogen-bond acceptors (Lipinski definition) is 2. The Morgan fingerprint density at radius 1 is 1.64 bits per heavy atom. The van der Waals surface area contributed by atoms with Gasteiger partial charge in [0.05, 0.1) is 0 Å². The topological polar surface area (TPSA) is 49.3 Å². The van der Waals surface area contributed by atoms with Crippen LogP contribution in [0.4, 0.5) is 0 Å². The molecule has 0 heterocycles. The van der Waals surface area contributed by atoms with Crippen molar-refractivity contribution in [2.45, 2.75) is 11.8 Å². The molecule has 1 amide bonds. The summed E-state index contributed by atoms with van der Waals surface area (Å²) in [5.41, 5.74) is 0.471. The highest BCUT2D eigenvalue weighted by Crippen LogP contribution is 2.10. The highest BCUT2D eigenvalue weighted by molar-refractivity contribution is 9.09. The molecule has 1 unspecified atom stereocenters. The first-order chi connectivity index (χ1) is 6.59. The molecule has 1 aromatic rings. The molecule has 0 bridgehead atoms. The van der Waals surface area contributed by atoms with E-state index >= 15 is 0 Å². The lowest BCUT2D eigenvalue weighted by atomic mass is 10.2. The van der Waals surface area contributed by atoms with Gasteiger partial charge in [-0.1, -0.05) is 28.9 Å². The summed E-state index contributed by atoms with van der Waals surface area (Å²) in [6.07, 6.45) is 0. The molecular weight excluding hydrogens is 246 g/mol. The second-order valence-electron chi connectivity index (χ2n) is 3.04. The SMILES string of the molecule is CC(Br)CNC(=O)c1cccc(O)c1. The van der Waals surface area contributed by atoms with Crippen LogP contribution in [-0.4, -0.2) is 22.4 Å². The van der Waals surface area contributed by atoms with E-state index in [0.717, 1.165) is 0 Å². The lowest BCUT2D eigenvalue weighted by Gasteiger charge is -2.06. The fourth-order valence-electron chi connectivity index (χ4n) is 0.983. The van der Waals surface area contributed by atoms with Crippen molar-refractivity contribution in [1.82, 2.24) is 5.32 Å². The Labute approximate surface area is 91.3 Å². The smallest absolute Gasteiger partial charge is 0.251 e. The van der Waals surface area contributed by atoms with Crippen molar-refractivity contribution in [3.05, 3.63) is 29.8 Å². The minimum Gasteiger partial charge on any atom is -0.508 e. The van der Waals surface area contributed by atoms with Crippen LogP contribution in [0.2, 0.25) is 0 Å². The molecule has 3 nitrogen and oxygen atoms in total. The molecule has 0 saturated heterocycles.